The molecule has 3 rings (SSSR count). The van der Waals surface area contributed by atoms with E-state index >= 15 is 0 Å². The summed E-state index contributed by atoms with van der Waals surface area (Å²) in [4.78, 5) is 33.6. The Kier molecular flexibility index (Phi) is 8.76. The van der Waals surface area contributed by atoms with Crippen LogP contribution in [-0.4, -0.2) is 46.5 Å². The highest BCUT2D eigenvalue weighted by molar-refractivity contribution is 6.42. The van der Waals surface area contributed by atoms with E-state index in [0.29, 0.717) is 61.6 Å². The van der Waals surface area contributed by atoms with Crippen LogP contribution in [0.1, 0.15) is 37.9 Å². The van der Waals surface area contributed by atoms with Gasteiger partial charge in [-0.2, -0.15) is 0 Å². The van der Waals surface area contributed by atoms with Crippen molar-refractivity contribution in [2.75, 3.05) is 19.7 Å². The molecule has 1 aromatic carbocycles. The zero-order valence-corrected chi connectivity index (χ0v) is 20.0. The van der Waals surface area contributed by atoms with Gasteiger partial charge < -0.3 is 14.5 Å². The minimum absolute atomic E-state index is 0.0527. The Bertz CT molecular complexity index is 916. The average molecular weight is 478 g/mol. The third kappa shape index (κ3) is 6.84. The van der Waals surface area contributed by atoms with Crippen LogP contribution in [0.4, 0.5) is 4.79 Å². The number of amides is 2. The van der Waals surface area contributed by atoms with Gasteiger partial charge in [0.25, 0.3) is 0 Å². The largest absolute Gasteiger partial charge is 0.449 e. The van der Waals surface area contributed by atoms with Gasteiger partial charge in [0.1, 0.15) is 0 Å². The van der Waals surface area contributed by atoms with Crippen LogP contribution in [0.3, 0.4) is 0 Å². The smallest absolute Gasteiger partial charge is 0.409 e. The van der Waals surface area contributed by atoms with Crippen LogP contribution in [0.15, 0.2) is 42.6 Å². The highest BCUT2D eigenvalue weighted by Gasteiger charge is 2.31. The van der Waals surface area contributed by atoms with Crippen molar-refractivity contribution in [2.24, 2.45) is 11.8 Å². The summed E-state index contributed by atoms with van der Waals surface area (Å²) in [5.41, 5.74) is 1.72. The normalized spacial score (nSPS) is 14.5. The first-order valence-corrected chi connectivity index (χ1v) is 11.6. The molecule has 32 heavy (non-hydrogen) atoms. The van der Waals surface area contributed by atoms with Crippen molar-refractivity contribution in [3.63, 3.8) is 0 Å². The Labute approximate surface area is 199 Å². The van der Waals surface area contributed by atoms with E-state index in [-0.39, 0.29) is 17.9 Å². The zero-order chi connectivity index (χ0) is 23.1. The lowest BCUT2D eigenvalue weighted by Crippen LogP contribution is -2.44. The molecule has 172 valence electrons. The number of pyridine rings is 1. The van der Waals surface area contributed by atoms with E-state index < -0.39 is 0 Å². The van der Waals surface area contributed by atoms with Gasteiger partial charge in [-0.05, 0) is 48.6 Å². The van der Waals surface area contributed by atoms with Gasteiger partial charge in [0.15, 0.2) is 0 Å². The molecule has 0 saturated carbocycles. The molecule has 0 spiro atoms. The molecular formula is C24H29Cl2N3O3. The van der Waals surface area contributed by atoms with Crippen LogP contribution in [0.25, 0.3) is 0 Å². The molecule has 0 aliphatic carbocycles. The number of benzene rings is 1. The second kappa shape index (κ2) is 11.5. The summed E-state index contributed by atoms with van der Waals surface area (Å²) in [6, 6.07) is 11.1. The lowest BCUT2D eigenvalue weighted by molar-refractivity contribution is -0.138. The van der Waals surface area contributed by atoms with Gasteiger partial charge in [0.05, 0.1) is 28.9 Å². The molecule has 1 aromatic heterocycles. The molecule has 1 fully saturated rings. The van der Waals surface area contributed by atoms with Crippen molar-refractivity contribution in [2.45, 2.75) is 39.8 Å². The monoisotopic (exact) mass is 477 g/mol. The van der Waals surface area contributed by atoms with Crippen molar-refractivity contribution < 1.29 is 14.3 Å². The number of carbonyl (C=O) groups excluding carboxylic acids is 2. The third-order valence-corrected chi connectivity index (χ3v) is 6.13. The molecule has 0 bridgehead atoms. The molecule has 8 heteroatoms. The van der Waals surface area contributed by atoms with E-state index in [4.69, 9.17) is 27.9 Å². The van der Waals surface area contributed by atoms with Crippen LogP contribution in [-0.2, 0) is 22.6 Å². The van der Waals surface area contributed by atoms with Crippen LogP contribution in [0, 0.1) is 11.8 Å². The number of nitrogens with zero attached hydrogens (tertiary/aromatic N) is 3. The number of hydrogen-bond donors (Lipinski definition) is 0. The van der Waals surface area contributed by atoms with Crippen molar-refractivity contribution >= 4 is 35.2 Å². The van der Waals surface area contributed by atoms with Crippen LogP contribution >= 0.6 is 23.2 Å². The maximum absolute atomic E-state index is 13.5. The molecule has 0 radical (unpaired) electrons. The third-order valence-electron chi connectivity index (χ3n) is 5.39. The molecule has 0 unspecified atom stereocenters. The summed E-state index contributed by atoms with van der Waals surface area (Å²) < 4.78 is 5.33. The Morgan fingerprint density at radius 1 is 1.12 bits per heavy atom. The first-order chi connectivity index (χ1) is 15.3. The van der Waals surface area contributed by atoms with E-state index in [2.05, 4.69) is 4.98 Å². The van der Waals surface area contributed by atoms with E-state index in [1.54, 1.807) is 28.1 Å². The molecule has 1 saturated heterocycles. The van der Waals surface area contributed by atoms with E-state index in [0.717, 1.165) is 11.3 Å². The predicted octanol–water partition coefficient (Wildman–Crippen LogP) is 5.42. The number of likely N-dealkylation sites (tertiary alicyclic amines) is 1. The number of halogens is 2. The lowest BCUT2D eigenvalue weighted by atomic mass is 9.95. The fourth-order valence-electron chi connectivity index (χ4n) is 3.65. The summed E-state index contributed by atoms with van der Waals surface area (Å²) in [6.07, 6.45) is 2.63. The molecule has 1 aliphatic rings. The van der Waals surface area contributed by atoms with Crippen LogP contribution in [0.5, 0.6) is 0 Å². The summed E-state index contributed by atoms with van der Waals surface area (Å²) >= 11 is 12.2. The van der Waals surface area contributed by atoms with Crippen LogP contribution < -0.4 is 0 Å². The number of rotatable bonds is 7. The Balaban J connectivity index is 1.67. The van der Waals surface area contributed by atoms with Gasteiger partial charge in [0.2, 0.25) is 5.91 Å². The van der Waals surface area contributed by atoms with Crippen molar-refractivity contribution in [3.05, 3.63) is 63.9 Å². The zero-order valence-electron chi connectivity index (χ0n) is 18.5. The van der Waals surface area contributed by atoms with Gasteiger partial charge in [-0.25, -0.2) is 4.79 Å². The lowest BCUT2D eigenvalue weighted by Gasteiger charge is -2.34. The minimum atomic E-state index is -0.300. The number of piperidine rings is 1. The summed E-state index contributed by atoms with van der Waals surface area (Å²) in [7, 11) is 0. The molecule has 2 heterocycles. The van der Waals surface area contributed by atoms with Gasteiger partial charge >= 0.3 is 6.09 Å². The molecule has 6 nitrogen and oxygen atoms in total. The second-order valence-corrected chi connectivity index (χ2v) is 9.31. The SMILES string of the molecule is CC(C)COC(=O)N1CCC(C(=O)N(Cc2ccc(Cl)c(Cl)c2)Cc2ccccn2)CC1. The Hall–Kier alpha value is -2.31. The van der Waals surface area contributed by atoms with Gasteiger partial charge in [-0.1, -0.05) is 49.2 Å². The fourth-order valence-corrected chi connectivity index (χ4v) is 3.97. The fraction of sp³-hybridized carbons (Fsp3) is 0.458. The van der Waals surface area contributed by atoms with Crippen molar-refractivity contribution in [1.82, 2.24) is 14.8 Å². The van der Waals surface area contributed by atoms with Crippen molar-refractivity contribution in [3.8, 4) is 0 Å². The minimum Gasteiger partial charge on any atom is -0.449 e. The second-order valence-electron chi connectivity index (χ2n) is 8.50. The summed E-state index contributed by atoms with van der Waals surface area (Å²) in [5, 5.41) is 0.942. The standard InChI is InChI=1S/C24H29Cl2N3O3/c1-17(2)16-32-24(31)28-11-8-19(9-12-28)23(30)29(15-20-5-3-4-10-27-20)14-18-6-7-21(25)22(26)13-18/h3-7,10,13,17,19H,8-9,11-12,14-16H2,1-2H3. The van der Waals surface area contributed by atoms with Gasteiger partial charge in [0, 0.05) is 31.7 Å². The number of hydrogen-bond acceptors (Lipinski definition) is 4. The topological polar surface area (TPSA) is 62.7 Å². The molecule has 0 atom stereocenters. The first-order valence-electron chi connectivity index (χ1n) is 10.9. The van der Waals surface area contributed by atoms with E-state index in [1.165, 1.54) is 0 Å². The average Bonchev–Trinajstić information content (AvgIpc) is 2.79. The molecule has 1 aliphatic heterocycles. The highest BCUT2D eigenvalue weighted by Crippen LogP contribution is 2.26. The summed E-state index contributed by atoms with van der Waals surface area (Å²) in [5.74, 6) is 0.187. The number of carbonyl (C=O) groups is 2. The number of aromatic nitrogens is 1. The summed E-state index contributed by atoms with van der Waals surface area (Å²) in [6.45, 7) is 6.23. The van der Waals surface area contributed by atoms with E-state index in [1.807, 2.05) is 38.1 Å². The Morgan fingerprint density at radius 3 is 2.50 bits per heavy atom. The van der Waals surface area contributed by atoms with Crippen LogP contribution in [0.2, 0.25) is 10.0 Å². The maximum atomic E-state index is 13.5. The first kappa shape index (κ1) is 24.3. The van der Waals surface area contributed by atoms with Gasteiger partial charge in [-0.3, -0.25) is 9.78 Å². The van der Waals surface area contributed by atoms with Crippen molar-refractivity contribution in [1.29, 1.82) is 0 Å². The molecular weight excluding hydrogens is 449 g/mol. The number of ether oxygens (including phenoxy) is 1. The predicted molar refractivity (Wildman–Crippen MR) is 125 cm³/mol. The molecule has 0 N–H and O–H groups in total. The highest BCUT2D eigenvalue weighted by atomic mass is 35.5. The quantitative estimate of drug-likeness (QED) is 0.533. The van der Waals surface area contributed by atoms with Gasteiger partial charge in [-0.15, -0.1) is 0 Å². The van der Waals surface area contributed by atoms with E-state index in [9.17, 15) is 9.59 Å². The maximum Gasteiger partial charge on any atom is 0.409 e. The Morgan fingerprint density at radius 2 is 1.88 bits per heavy atom. The molecule has 2 aromatic rings. The molecule has 2 amide bonds.